The van der Waals surface area contributed by atoms with E-state index in [0.29, 0.717) is 16.7 Å². The fourth-order valence-corrected chi connectivity index (χ4v) is 7.45. The minimum absolute atomic E-state index is 0.558. The third kappa shape index (κ3) is 4.31. The highest BCUT2D eigenvalue weighted by Crippen LogP contribution is 2.41. The lowest BCUT2D eigenvalue weighted by Gasteiger charge is -2.18. The second kappa shape index (κ2) is 11.4. The van der Waals surface area contributed by atoms with Gasteiger partial charge >= 0.3 is 0 Å². The van der Waals surface area contributed by atoms with Crippen LogP contribution < -0.4 is 0 Å². The lowest BCUT2D eigenvalue weighted by molar-refractivity contribution is 1.17. The highest BCUT2D eigenvalue weighted by molar-refractivity contribution is 6.11. The van der Waals surface area contributed by atoms with Gasteiger partial charge in [-0.25, -0.2) is 0 Å². The molecule has 0 radical (unpaired) electrons. The Kier molecular flexibility index (Phi) is 6.56. The van der Waals surface area contributed by atoms with Crippen molar-refractivity contribution in [2.75, 3.05) is 0 Å². The normalized spacial score (nSPS) is 11.1. The van der Waals surface area contributed by atoms with Gasteiger partial charge in [-0.3, -0.25) is 0 Å². The van der Waals surface area contributed by atoms with Gasteiger partial charge < -0.3 is 9.13 Å². The van der Waals surface area contributed by atoms with E-state index in [1.807, 2.05) is 84.9 Å². The molecule has 0 unspecified atom stereocenters. The van der Waals surface area contributed by atoms with Crippen molar-refractivity contribution in [1.29, 1.82) is 15.8 Å². The SMILES string of the molecule is N#Cc1ccc2c(c1)c1ccccc1n2-c1c(C#N)cccc1-c1ccccc1-c1ccc(-n2c3ccccc3c3ccc(C#N)cc32)cc1. The molecule has 0 aliphatic carbocycles. The quantitative estimate of drug-likeness (QED) is 0.193. The van der Waals surface area contributed by atoms with Gasteiger partial charge in [0, 0.05) is 32.8 Å². The molecular formula is C45H25N5. The van der Waals surface area contributed by atoms with E-state index in [-0.39, 0.29) is 0 Å². The number of hydrogen-bond donors (Lipinski definition) is 0. The zero-order valence-electron chi connectivity index (χ0n) is 26.7. The zero-order valence-corrected chi connectivity index (χ0v) is 26.7. The van der Waals surface area contributed by atoms with Crippen LogP contribution in [0, 0.1) is 34.0 Å². The Bertz CT molecular complexity index is 2960. The minimum atomic E-state index is 0.558. The summed E-state index contributed by atoms with van der Waals surface area (Å²) in [6, 6.07) is 57.8. The summed E-state index contributed by atoms with van der Waals surface area (Å²) in [6.45, 7) is 0. The molecule has 230 valence electrons. The van der Waals surface area contributed by atoms with Gasteiger partial charge in [0.1, 0.15) is 6.07 Å². The van der Waals surface area contributed by atoms with Crippen LogP contribution >= 0.6 is 0 Å². The van der Waals surface area contributed by atoms with Crippen LogP contribution in [0.15, 0.2) is 152 Å². The average Bonchev–Trinajstić information content (AvgIpc) is 3.69. The van der Waals surface area contributed by atoms with Crippen LogP contribution in [0.5, 0.6) is 0 Å². The number of nitrogens with zero attached hydrogens (tertiary/aromatic N) is 5. The maximum atomic E-state index is 10.5. The van der Waals surface area contributed by atoms with E-state index in [1.54, 1.807) is 0 Å². The van der Waals surface area contributed by atoms with E-state index in [9.17, 15) is 15.8 Å². The molecule has 2 heterocycles. The van der Waals surface area contributed by atoms with Crippen LogP contribution in [-0.4, -0.2) is 9.13 Å². The Morgan fingerprint density at radius 1 is 0.380 bits per heavy atom. The maximum absolute atomic E-state index is 10.5. The number of hydrogen-bond acceptors (Lipinski definition) is 3. The largest absolute Gasteiger partial charge is 0.309 e. The average molecular weight is 636 g/mol. The van der Waals surface area contributed by atoms with Crippen LogP contribution in [0.25, 0.3) is 77.2 Å². The van der Waals surface area contributed by atoms with Gasteiger partial charge in [-0.2, -0.15) is 15.8 Å². The van der Waals surface area contributed by atoms with Gasteiger partial charge in [0.15, 0.2) is 0 Å². The Labute approximate surface area is 287 Å². The lowest BCUT2D eigenvalue weighted by atomic mass is 9.92. The molecule has 0 saturated carbocycles. The predicted molar refractivity (Wildman–Crippen MR) is 200 cm³/mol. The summed E-state index contributed by atoms with van der Waals surface area (Å²) >= 11 is 0. The van der Waals surface area contributed by atoms with Gasteiger partial charge in [0.05, 0.1) is 56.6 Å². The summed E-state index contributed by atoms with van der Waals surface area (Å²) in [5.41, 5.74) is 11.6. The van der Waals surface area contributed by atoms with Crippen molar-refractivity contribution in [3.8, 4) is 51.8 Å². The first kappa shape index (κ1) is 28.8. The molecule has 9 aromatic rings. The molecular weight excluding hydrogens is 611 g/mol. The second-order valence-electron chi connectivity index (χ2n) is 12.3. The first-order valence-electron chi connectivity index (χ1n) is 16.3. The van der Waals surface area contributed by atoms with Gasteiger partial charge in [-0.05, 0) is 77.4 Å². The molecule has 0 amide bonds. The Morgan fingerprint density at radius 2 is 0.960 bits per heavy atom. The standard InChI is InChI=1S/C45H25N5/c46-26-29-17-23-43-40(24-29)37-12-4-6-15-42(37)50(43)45-32(28-48)8-7-13-39(45)35-10-2-1-9-34(35)31-18-20-33(21-19-31)49-41-14-5-3-11-36(41)38-22-16-30(27-47)25-44(38)49/h1-25H. The molecule has 0 spiro atoms. The van der Waals surface area contributed by atoms with Crippen LogP contribution in [-0.2, 0) is 0 Å². The molecule has 2 aromatic heterocycles. The predicted octanol–water partition coefficient (Wildman–Crippen LogP) is 10.8. The Balaban J connectivity index is 1.24. The van der Waals surface area contributed by atoms with Crippen LogP contribution in [0.3, 0.4) is 0 Å². The molecule has 50 heavy (non-hydrogen) atoms. The summed E-state index contributed by atoms with van der Waals surface area (Å²) < 4.78 is 4.38. The van der Waals surface area contributed by atoms with Crippen molar-refractivity contribution in [3.05, 3.63) is 168 Å². The molecule has 0 aliphatic heterocycles. The lowest BCUT2D eigenvalue weighted by Crippen LogP contribution is -2.01. The molecule has 0 aliphatic rings. The van der Waals surface area contributed by atoms with Crippen molar-refractivity contribution < 1.29 is 0 Å². The Morgan fingerprint density at radius 3 is 1.70 bits per heavy atom. The summed E-state index contributed by atoms with van der Waals surface area (Å²) in [7, 11) is 0. The van der Waals surface area contributed by atoms with Gasteiger partial charge in [-0.1, -0.05) is 91.0 Å². The molecule has 5 nitrogen and oxygen atoms in total. The fourth-order valence-electron chi connectivity index (χ4n) is 7.45. The van der Waals surface area contributed by atoms with E-state index in [4.69, 9.17) is 0 Å². The third-order valence-corrected chi connectivity index (χ3v) is 9.64. The first-order valence-corrected chi connectivity index (χ1v) is 16.3. The summed E-state index contributed by atoms with van der Waals surface area (Å²) in [5, 5.41) is 34.1. The summed E-state index contributed by atoms with van der Waals surface area (Å²) in [5.74, 6) is 0. The Hall–Kier alpha value is -7.39. The van der Waals surface area contributed by atoms with E-state index in [1.165, 1.54) is 0 Å². The fraction of sp³-hybridized carbons (Fsp3) is 0. The van der Waals surface area contributed by atoms with Crippen molar-refractivity contribution >= 4 is 43.6 Å². The van der Waals surface area contributed by atoms with Crippen LogP contribution in [0.2, 0.25) is 0 Å². The van der Waals surface area contributed by atoms with E-state index < -0.39 is 0 Å². The molecule has 0 fully saturated rings. The number of rotatable bonds is 4. The molecule has 0 N–H and O–H groups in total. The number of nitriles is 3. The highest BCUT2D eigenvalue weighted by atomic mass is 15.0. The third-order valence-electron chi connectivity index (χ3n) is 9.64. The smallest absolute Gasteiger partial charge is 0.101 e. The number of benzene rings is 7. The summed E-state index contributed by atoms with van der Waals surface area (Å²) in [6.07, 6.45) is 0. The van der Waals surface area contributed by atoms with E-state index in [2.05, 4.69) is 94.1 Å². The molecule has 0 bridgehead atoms. The molecule has 0 saturated heterocycles. The second-order valence-corrected chi connectivity index (χ2v) is 12.3. The molecule has 7 aromatic carbocycles. The maximum Gasteiger partial charge on any atom is 0.101 e. The highest BCUT2D eigenvalue weighted by Gasteiger charge is 2.21. The number of fused-ring (bicyclic) bond motifs is 6. The van der Waals surface area contributed by atoms with Crippen molar-refractivity contribution in [2.24, 2.45) is 0 Å². The van der Waals surface area contributed by atoms with Crippen LogP contribution in [0.1, 0.15) is 16.7 Å². The molecule has 0 atom stereocenters. The molecule has 9 rings (SSSR count). The van der Waals surface area contributed by atoms with Gasteiger partial charge in [-0.15, -0.1) is 0 Å². The van der Waals surface area contributed by atoms with Gasteiger partial charge in [0.25, 0.3) is 0 Å². The summed E-state index contributed by atoms with van der Waals surface area (Å²) in [4.78, 5) is 0. The topological polar surface area (TPSA) is 81.2 Å². The zero-order chi connectivity index (χ0) is 33.8. The van der Waals surface area contributed by atoms with E-state index >= 15 is 0 Å². The van der Waals surface area contributed by atoms with Crippen molar-refractivity contribution in [1.82, 2.24) is 9.13 Å². The van der Waals surface area contributed by atoms with Crippen LogP contribution in [0.4, 0.5) is 0 Å². The van der Waals surface area contributed by atoms with Crippen molar-refractivity contribution in [3.63, 3.8) is 0 Å². The van der Waals surface area contributed by atoms with E-state index in [0.717, 1.165) is 77.2 Å². The molecule has 5 heteroatoms. The van der Waals surface area contributed by atoms with Gasteiger partial charge in [0.2, 0.25) is 0 Å². The first-order chi connectivity index (χ1) is 24.7. The number of para-hydroxylation sites is 3. The number of aromatic nitrogens is 2. The monoisotopic (exact) mass is 635 g/mol. The minimum Gasteiger partial charge on any atom is -0.309 e. The van der Waals surface area contributed by atoms with Crippen molar-refractivity contribution in [2.45, 2.75) is 0 Å².